The lowest BCUT2D eigenvalue weighted by atomic mass is 9.95. The molecule has 5 nitrogen and oxygen atoms in total. The molecule has 0 bridgehead atoms. The number of likely N-dealkylation sites (N-methyl/N-ethyl adjacent to an activating group) is 1. The first-order valence-electron chi connectivity index (χ1n) is 10.3. The van der Waals surface area contributed by atoms with Crippen LogP contribution in [-0.2, 0) is 9.59 Å². The second-order valence-electron chi connectivity index (χ2n) is 8.24. The van der Waals surface area contributed by atoms with Gasteiger partial charge in [-0.05, 0) is 57.2 Å². The van der Waals surface area contributed by atoms with E-state index in [2.05, 4.69) is 24.5 Å². The largest absolute Gasteiger partial charge is 0.347 e. The molecule has 0 spiro atoms. The number of carbonyl (C=O) groups excluding carboxylic acids is 2. The molecule has 1 aliphatic heterocycles. The Morgan fingerprint density at radius 3 is 2.44 bits per heavy atom. The van der Waals surface area contributed by atoms with Crippen LogP contribution in [0.2, 0.25) is 0 Å². The highest BCUT2D eigenvalue weighted by Crippen LogP contribution is 2.32. The van der Waals surface area contributed by atoms with Gasteiger partial charge in [-0.3, -0.25) is 9.59 Å². The Kier molecular flexibility index (Phi) is 6.08. The van der Waals surface area contributed by atoms with Crippen LogP contribution in [0.1, 0.15) is 67.9 Å². The van der Waals surface area contributed by atoms with Crippen molar-refractivity contribution >= 4 is 17.9 Å². The first kappa shape index (κ1) is 19.7. The van der Waals surface area contributed by atoms with Gasteiger partial charge >= 0.3 is 0 Å². The van der Waals surface area contributed by atoms with Crippen LogP contribution >= 0.6 is 0 Å². The lowest BCUT2D eigenvalue weighted by Crippen LogP contribution is -2.44. The van der Waals surface area contributed by atoms with Gasteiger partial charge in [-0.1, -0.05) is 19.3 Å². The molecule has 1 atom stereocenters. The van der Waals surface area contributed by atoms with Gasteiger partial charge in [0.15, 0.2) is 0 Å². The number of rotatable bonds is 4. The summed E-state index contributed by atoms with van der Waals surface area (Å²) in [6.07, 6.45) is 11.7. The zero-order valence-corrected chi connectivity index (χ0v) is 17.2. The van der Waals surface area contributed by atoms with Crippen molar-refractivity contribution in [3.63, 3.8) is 0 Å². The van der Waals surface area contributed by atoms with Gasteiger partial charge in [0.25, 0.3) is 0 Å². The van der Waals surface area contributed by atoms with Gasteiger partial charge < -0.3 is 14.4 Å². The van der Waals surface area contributed by atoms with Crippen molar-refractivity contribution in [3.8, 4) is 0 Å². The summed E-state index contributed by atoms with van der Waals surface area (Å²) in [5.74, 6) is -0.0418. The van der Waals surface area contributed by atoms with Gasteiger partial charge in [0.1, 0.15) is 6.04 Å². The summed E-state index contributed by atoms with van der Waals surface area (Å²) in [7, 11) is 3.50. The molecule has 3 rings (SSSR count). The van der Waals surface area contributed by atoms with Crippen LogP contribution in [0.15, 0.2) is 12.1 Å². The first-order chi connectivity index (χ1) is 12.9. The van der Waals surface area contributed by atoms with E-state index in [4.69, 9.17) is 0 Å². The molecule has 2 fully saturated rings. The maximum atomic E-state index is 12.7. The van der Waals surface area contributed by atoms with E-state index >= 15 is 0 Å². The monoisotopic (exact) mass is 371 g/mol. The summed E-state index contributed by atoms with van der Waals surface area (Å²) >= 11 is 0. The zero-order chi connectivity index (χ0) is 19.6. The molecule has 2 aliphatic rings. The van der Waals surface area contributed by atoms with Crippen molar-refractivity contribution in [1.29, 1.82) is 0 Å². The molecule has 27 heavy (non-hydrogen) atoms. The van der Waals surface area contributed by atoms with Crippen molar-refractivity contribution in [2.24, 2.45) is 0 Å². The smallest absolute Gasteiger partial charge is 0.247 e. The van der Waals surface area contributed by atoms with Gasteiger partial charge in [0.05, 0.1) is 0 Å². The molecule has 0 aromatic carbocycles. The number of hydrogen-bond donors (Lipinski definition) is 0. The third-order valence-corrected chi connectivity index (χ3v) is 6.13. The fraction of sp³-hybridized carbons (Fsp3) is 0.636. The van der Waals surface area contributed by atoms with E-state index in [9.17, 15) is 9.59 Å². The third-order valence-electron chi connectivity index (χ3n) is 6.13. The van der Waals surface area contributed by atoms with Crippen LogP contribution in [0.3, 0.4) is 0 Å². The number of carbonyl (C=O) groups is 2. The SMILES string of the molecule is Cc1cc(/C=C/C(=O)N2CCCC2C(=O)N(C)C)c(C)n1C1CCCCC1. The summed E-state index contributed by atoms with van der Waals surface area (Å²) in [4.78, 5) is 28.3. The molecule has 0 N–H and O–H groups in total. The van der Waals surface area contributed by atoms with Crippen molar-refractivity contribution in [3.05, 3.63) is 29.1 Å². The molecule has 2 amide bonds. The number of aromatic nitrogens is 1. The molecular weight excluding hydrogens is 338 g/mol. The number of likely N-dealkylation sites (tertiary alicyclic amines) is 1. The summed E-state index contributed by atoms with van der Waals surface area (Å²) in [6, 6.07) is 2.46. The predicted molar refractivity (Wildman–Crippen MR) is 108 cm³/mol. The first-order valence-corrected chi connectivity index (χ1v) is 10.3. The minimum Gasteiger partial charge on any atom is -0.347 e. The molecule has 1 saturated carbocycles. The maximum absolute atomic E-state index is 12.7. The van der Waals surface area contributed by atoms with E-state index in [0.717, 1.165) is 18.4 Å². The molecule has 1 unspecified atom stereocenters. The highest BCUT2D eigenvalue weighted by atomic mass is 16.2. The normalized spacial score (nSPS) is 21.2. The molecule has 148 valence electrons. The average Bonchev–Trinajstić information content (AvgIpc) is 3.24. The third kappa shape index (κ3) is 4.12. The highest BCUT2D eigenvalue weighted by molar-refractivity contribution is 5.96. The summed E-state index contributed by atoms with van der Waals surface area (Å²) < 4.78 is 2.46. The predicted octanol–water partition coefficient (Wildman–Crippen LogP) is 3.70. The standard InChI is InChI=1S/C22H33N3O2/c1-16-15-18(17(2)25(16)19-9-6-5-7-10-19)12-13-21(26)24-14-8-11-20(24)22(27)23(3)4/h12-13,15,19-20H,5-11,14H2,1-4H3/b13-12+. The molecule has 1 aliphatic carbocycles. The van der Waals surface area contributed by atoms with Crippen LogP contribution < -0.4 is 0 Å². The van der Waals surface area contributed by atoms with Crippen LogP contribution in [0.5, 0.6) is 0 Å². The van der Waals surface area contributed by atoms with Crippen LogP contribution in [0.25, 0.3) is 6.08 Å². The fourth-order valence-corrected chi connectivity index (χ4v) is 4.71. The van der Waals surface area contributed by atoms with E-state index in [-0.39, 0.29) is 17.9 Å². The molecule has 1 aromatic heterocycles. The Morgan fingerprint density at radius 2 is 1.78 bits per heavy atom. The number of nitrogens with zero attached hydrogens (tertiary/aromatic N) is 3. The maximum Gasteiger partial charge on any atom is 0.247 e. The molecule has 0 radical (unpaired) electrons. The molecule has 2 heterocycles. The number of amides is 2. The number of hydrogen-bond acceptors (Lipinski definition) is 2. The molecule has 5 heteroatoms. The van der Waals surface area contributed by atoms with Crippen molar-refractivity contribution in [1.82, 2.24) is 14.4 Å². The Labute approximate surface area is 163 Å². The molecular formula is C22H33N3O2. The second kappa shape index (κ2) is 8.32. The van der Waals surface area contributed by atoms with Crippen LogP contribution in [0.4, 0.5) is 0 Å². The Balaban J connectivity index is 1.74. The van der Waals surface area contributed by atoms with E-state index in [1.54, 1.807) is 30.0 Å². The van der Waals surface area contributed by atoms with Crippen molar-refractivity contribution < 1.29 is 9.59 Å². The Morgan fingerprint density at radius 1 is 1.07 bits per heavy atom. The topological polar surface area (TPSA) is 45.6 Å². The van der Waals surface area contributed by atoms with Gasteiger partial charge in [0.2, 0.25) is 11.8 Å². The van der Waals surface area contributed by atoms with Gasteiger partial charge in [0, 0.05) is 44.1 Å². The Bertz CT molecular complexity index is 726. The summed E-state index contributed by atoms with van der Waals surface area (Å²) in [6.45, 7) is 4.97. The Hall–Kier alpha value is -2.04. The van der Waals surface area contributed by atoms with E-state index in [0.29, 0.717) is 12.6 Å². The van der Waals surface area contributed by atoms with Crippen molar-refractivity contribution in [2.75, 3.05) is 20.6 Å². The minimum atomic E-state index is -0.313. The van der Waals surface area contributed by atoms with E-state index in [1.165, 1.54) is 43.5 Å². The van der Waals surface area contributed by atoms with Crippen LogP contribution in [-0.4, -0.2) is 52.9 Å². The number of aryl methyl sites for hydroxylation is 1. The second-order valence-corrected chi connectivity index (χ2v) is 8.24. The minimum absolute atomic E-state index is 0.0183. The highest BCUT2D eigenvalue weighted by Gasteiger charge is 2.33. The van der Waals surface area contributed by atoms with Gasteiger partial charge in [-0.25, -0.2) is 0 Å². The summed E-state index contributed by atoms with van der Waals surface area (Å²) in [5.41, 5.74) is 3.63. The molecule has 1 saturated heterocycles. The van der Waals surface area contributed by atoms with Gasteiger partial charge in [-0.15, -0.1) is 0 Å². The quantitative estimate of drug-likeness (QED) is 0.758. The fourth-order valence-electron chi connectivity index (χ4n) is 4.71. The van der Waals surface area contributed by atoms with Gasteiger partial charge in [-0.2, -0.15) is 0 Å². The zero-order valence-electron chi connectivity index (χ0n) is 17.2. The van der Waals surface area contributed by atoms with E-state index in [1.807, 2.05) is 6.08 Å². The average molecular weight is 372 g/mol. The van der Waals surface area contributed by atoms with Crippen molar-refractivity contribution in [2.45, 2.75) is 70.9 Å². The van der Waals surface area contributed by atoms with E-state index < -0.39 is 0 Å². The van der Waals surface area contributed by atoms with Crippen LogP contribution in [0, 0.1) is 13.8 Å². The lowest BCUT2D eigenvalue weighted by Gasteiger charge is -2.26. The molecule has 1 aromatic rings. The summed E-state index contributed by atoms with van der Waals surface area (Å²) in [5, 5.41) is 0. The lowest BCUT2D eigenvalue weighted by molar-refractivity contribution is -0.139.